The summed E-state index contributed by atoms with van der Waals surface area (Å²) in [7, 11) is 0. The molecule has 24 heavy (non-hydrogen) atoms. The SMILES string of the molecule is O=[N+]([O-])c1ccccc1NCCNC(=S)Nc1cc(Cl)cc(Cl)c1. The topological polar surface area (TPSA) is 79.2 Å². The van der Waals surface area contributed by atoms with Crippen molar-refractivity contribution in [3.63, 3.8) is 0 Å². The van der Waals surface area contributed by atoms with Gasteiger partial charge in [-0.1, -0.05) is 35.3 Å². The minimum Gasteiger partial charge on any atom is -0.378 e. The molecule has 0 radical (unpaired) electrons. The van der Waals surface area contributed by atoms with Gasteiger partial charge >= 0.3 is 0 Å². The zero-order valence-corrected chi connectivity index (χ0v) is 14.7. The molecule has 0 spiro atoms. The van der Waals surface area contributed by atoms with Crippen molar-refractivity contribution in [2.24, 2.45) is 0 Å². The average molecular weight is 385 g/mol. The van der Waals surface area contributed by atoms with Gasteiger partial charge in [0.1, 0.15) is 5.69 Å². The van der Waals surface area contributed by atoms with E-state index in [-0.39, 0.29) is 5.69 Å². The van der Waals surface area contributed by atoms with E-state index in [1.165, 1.54) is 6.07 Å². The van der Waals surface area contributed by atoms with Crippen LogP contribution in [0, 0.1) is 10.1 Å². The van der Waals surface area contributed by atoms with E-state index in [1.807, 2.05) is 0 Å². The highest BCUT2D eigenvalue weighted by Gasteiger charge is 2.11. The van der Waals surface area contributed by atoms with Crippen LogP contribution >= 0.6 is 35.4 Å². The lowest BCUT2D eigenvalue weighted by molar-refractivity contribution is -0.384. The van der Waals surface area contributed by atoms with Crippen molar-refractivity contribution in [2.45, 2.75) is 0 Å². The molecule has 2 aromatic carbocycles. The summed E-state index contributed by atoms with van der Waals surface area (Å²) in [5, 5.41) is 21.3. The summed E-state index contributed by atoms with van der Waals surface area (Å²) in [6.07, 6.45) is 0. The Hall–Kier alpha value is -2.09. The molecule has 2 aromatic rings. The fourth-order valence-electron chi connectivity index (χ4n) is 1.96. The second-order valence-corrected chi connectivity index (χ2v) is 6.02. The molecule has 0 aliphatic carbocycles. The van der Waals surface area contributed by atoms with Gasteiger partial charge in [-0.3, -0.25) is 10.1 Å². The Kier molecular flexibility index (Phi) is 6.60. The lowest BCUT2D eigenvalue weighted by Crippen LogP contribution is -2.32. The Morgan fingerprint density at radius 1 is 1.12 bits per heavy atom. The molecule has 0 unspecified atom stereocenters. The Bertz CT molecular complexity index is 738. The predicted molar refractivity (Wildman–Crippen MR) is 102 cm³/mol. The third-order valence-electron chi connectivity index (χ3n) is 2.95. The van der Waals surface area contributed by atoms with Crippen LogP contribution < -0.4 is 16.0 Å². The van der Waals surface area contributed by atoms with Crippen LogP contribution in [0.25, 0.3) is 0 Å². The Labute approximate surface area is 154 Å². The number of hydrogen-bond acceptors (Lipinski definition) is 4. The van der Waals surface area contributed by atoms with Crippen molar-refractivity contribution >= 4 is 57.6 Å². The largest absolute Gasteiger partial charge is 0.378 e. The summed E-state index contributed by atoms with van der Waals surface area (Å²) >= 11 is 17.0. The van der Waals surface area contributed by atoms with E-state index in [2.05, 4.69) is 16.0 Å². The third kappa shape index (κ3) is 5.52. The Balaban J connectivity index is 1.80. The zero-order valence-electron chi connectivity index (χ0n) is 12.4. The lowest BCUT2D eigenvalue weighted by atomic mass is 10.2. The number of anilines is 2. The normalized spacial score (nSPS) is 10.1. The second kappa shape index (κ2) is 8.68. The van der Waals surface area contributed by atoms with E-state index in [1.54, 1.807) is 36.4 Å². The van der Waals surface area contributed by atoms with Gasteiger partial charge < -0.3 is 16.0 Å². The first-order valence-corrected chi connectivity index (χ1v) is 8.10. The molecule has 0 bridgehead atoms. The quantitative estimate of drug-likeness (QED) is 0.298. The predicted octanol–water partition coefficient (Wildman–Crippen LogP) is 4.30. The molecule has 0 aliphatic heterocycles. The Morgan fingerprint density at radius 3 is 2.46 bits per heavy atom. The highest BCUT2D eigenvalue weighted by molar-refractivity contribution is 7.80. The molecule has 126 valence electrons. The van der Waals surface area contributed by atoms with E-state index in [4.69, 9.17) is 35.4 Å². The van der Waals surface area contributed by atoms with E-state index in [9.17, 15) is 10.1 Å². The van der Waals surface area contributed by atoms with Gasteiger partial charge in [0, 0.05) is 34.9 Å². The summed E-state index contributed by atoms with van der Waals surface area (Å²) in [6.45, 7) is 0.940. The number of nitro groups is 1. The smallest absolute Gasteiger partial charge is 0.292 e. The number of thiocarbonyl (C=S) groups is 1. The van der Waals surface area contributed by atoms with Crippen LogP contribution in [-0.2, 0) is 0 Å². The molecule has 0 aliphatic rings. The molecule has 0 saturated heterocycles. The highest BCUT2D eigenvalue weighted by Crippen LogP contribution is 2.23. The fraction of sp³-hybridized carbons (Fsp3) is 0.133. The lowest BCUT2D eigenvalue weighted by Gasteiger charge is -2.12. The number of para-hydroxylation sites is 2. The maximum atomic E-state index is 10.9. The van der Waals surface area contributed by atoms with Crippen molar-refractivity contribution in [1.82, 2.24) is 5.32 Å². The molecule has 2 rings (SSSR count). The van der Waals surface area contributed by atoms with Crippen molar-refractivity contribution in [3.8, 4) is 0 Å². The molecule has 0 saturated carbocycles. The first kappa shape index (κ1) is 18.3. The van der Waals surface area contributed by atoms with Crippen molar-refractivity contribution in [3.05, 3.63) is 62.6 Å². The molecule has 0 amide bonds. The summed E-state index contributed by atoms with van der Waals surface area (Å²) < 4.78 is 0. The molecule has 0 aromatic heterocycles. The summed E-state index contributed by atoms with van der Waals surface area (Å²) in [5.74, 6) is 0. The van der Waals surface area contributed by atoms with Gasteiger partial charge in [-0.2, -0.15) is 0 Å². The molecule has 6 nitrogen and oxygen atoms in total. The van der Waals surface area contributed by atoms with E-state index < -0.39 is 4.92 Å². The molecule has 9 heteroatoms. The van der Waals surface area contributed by atoms with Crippen LogP contribution in [-0.4, -0.2) is 23.1 Å². The van der Waals surface area contributed by atoms with Crippen LogP contribution in [0.15, 0.2) is 42.5 Å². The van der Waals surface area contributed by atoms with Gasteiger partial charge in [-0.25, -0.2) is 0 Å². The first-order valence-electron chi connectivity index (χ1n) is 6.94. The number of benzene rings is 2. The Morgan fingerprint density at radius 2 is 1.79 bits per heavy atom. The first-order chi connectivity index (χ1) is 11.5. The monoisotopic (exact) mass is 384 g/mol. The van der Waals surface area contributed by atoms with Crippen molar-refractivity contribution in [2.75, 3.05) is 23.7 Å². The minimum atomic E-state index is -0.426. The van der Waals surface area contributed by atoms with Crippen LogP contribution in [0.2, 0.25) is 10.0 Å². The summed E-state index contributed by atoms with van der Waals surface area (Å²) in [5.41, 5.74) is 1.17. The number of nitrogens with one attached hydrogen (secondary N) is 3. The molecular weight excluding hydrogens is 371 g/mol. The van der Waals surface area contributed by atoms with Crippen molar-refractivity contribution in [1.29, 1.82) is 0 Å². The van der Waals surface area contributed by atoms with E-state index in [0.717, 1.165) is 0 Å². The molecule has 3 N–H and O–H groups in total. The molecule has 0 fully saturated rings. The fourth-order valence-corrected chi connectivity index (χ4v) is 2.70. The van der Waals surface area contributed by atoms with Crippen LogP contribution in [0.1, 0.15) is 0 Å². The number of halogens is 2. The highest BCUT2D eigenvalue weighted by atomic mass is 35.5. The average Bonchev–Trinajstić information content (AvgIpc) is 2.50. The standard InChI is InChI=1S/C15H14Cl2N4O2S/c16-10-7-11(17)9-12(8-10)20-15(24)19-6-5-18-13-3-1-2-4-14(13)21(22)23/h1-4,7-9,18H,5-6H2,(H2,19,20,24). The van der Waals surface area contributed by atoms with Crippen molar-refractivity contribution < 1.29 is 4.92 Å². The van der Waals surface area contributed by atoms with Gasteiger partial charge in [-0.15, -0.1) is 0 Å². The minimum absolute atomic E-state index is 0.0340. The number of nitrogens with zero attached hydrogens (tertiary/aromatic N) is 1. The van der Waals surface area contributed by atoms with Crippen LogP contribution in [0.3, 0.4) is 0 Å². The third-order valence-corrected chi connectivity index (χ3v) is 3.63. The molecule has 0 heterocycles. The molecule has 0 atom stereocenters. The number of hydrogen-bond donors (Lipinski definition) is 3. The zero-order chi connectivity index (χ0) is 17.5. The van der Waals surface area contributed by atoms with E-state index >= 15 is 0 Å². The van der Waals surface area contributed by atoms with Gasteiger partial charge in [0.2, 0.25) is 0 Å². The van der Waals surface area contributed by atoms with Gasteiger partial charge in [-0.05, 0) is 36.5 Å². The molecular formula is C15H14Cl2N4O2S. The second-order valence-electron chi connectivity index (χ2n) is 4.74. The van der Waals surface area contributed by atoms with Gasteiger partial charge in [0.05, 0.1) is 4.92 Å². The maximum absolute atomic E-state index is 10.9. The maximum Gasteiger partial charge on any atom is 0.292 e. The summed E-state index contributed by atoms with van der Waals surface area (Å²) in [4.78, 5) is 10.5. The van der Waals surface area contributed by atoms with Gasteiger partial charge in [0.15, 0.2) is 5.11 Å². The van der Waals surface area contributed by atoms with Crippen LogP contribution in [0.5, 0.6) is 0 Å². The van der Waals surface area contributed by atoms with Gasteiger partial charge in [0.25, 0.3) is 5.69 Å². The van der Waals surface area contributed by atoms with Crippen LogP contribution in [0.4, 0.5) is 17.1 Å². The van der Waals surface area contributed by atoms with E-state index in [0.29, 0.717) is 39.6 Å². The number of nitro benzene ring substituents is 1. The summed E-state index contributed by atoms with van der Waals surface area (Å²) in [6, 6.07) is 11.5. The number of rotatable bonds is 6.